The fourth-order valence-corrected chi connectivity index (χ4v) is 2.60. The first-order valence-corrected chi connectivity index (χ1v) is 10.9. The number of aliphatic hydroxyl groups excluding tert-OH is 1. The van der Waals surface area contributed by atoms with E-state index >= 15 is 0 Å². The van der Waals surface area contributed by atoms with Gasteiger partial charge in [-0.25, -0.2) is 9.78 Å². The molecule has 1 amide bonds. The summed E-state index contributed by atoms with van der Waals surface area (Å²) in [6.45, 7) is 7.59. The van der Waals surface area contributed by atoms with E-state index in [1.165, 1.54) is 4.90 Å². The molecule has 180 valence electrons. The molecule has 0 aliphatic rings. The van der Waals surface area contributed by atoms with Crippen molar-refractivity contribution in [3.8, 4) is 5.88 Å². The maximum absolute atomic E-state index is 12.2. The first kappa shape index (κ1) is 26.3. The summed E-state index contributed by atoms with van der Waals surface area (Å²) in [7, 11) is 1.69. The number of carbonyl (C=O) groups is 1. The van der Waals surface area contributed by atoms with Gasteiger partial charge in [-0.2, -0.15) is 0 Å². The number of hydrogen-bond acceptors (Lipinski definition) is 7. The SMILES string of the molecule is CN(C(=O)OC(C)(C)C)c1ccc(/C=C/c2ccc(OCCOCCOCCO)nc2)cc1. The second-order valence-electron chi connectivity index (χ2n) is 8.19. The number of carbonyl (C=O) groups excluding carboxylic acids is 1. The van der Waals surface area contributed by atoms with Crippen molar-refractivity contribution in [2.75, 3.05) is 51.6 Å². The molecule has 1 N–H and O–H groups in total. The van der Waals surface area contributed by atoms with Gasteiger partial charge in [-0.1, -0.05) is 24.3 Å². The van der Waals surface area contributed by atoms with E-state index in [4.69, 9.17) is 24.1 Å². The van der Waals surface area contributed by atoms with Crippen LogP contribution < -0.4 is 9.64 Å². The molecule has 8 heteroatoms. The van der Waals surface area contributed by atoms with Crippen molar-refractivity contribution in [2.24, 2.45) is 0 Å². The van der Waals surface area contributed by atoms with E-state index in [1.54, 1.807) is 13.2 Å². The number of benzene rings is 1. The highest BCUT2D eigenvalue weighted by Gasteiger charge is 2.20. The Morgan fingerprint density at radius 2 is 1.55 bits per heavy atom. The second-order valence-corrected chi connectivity index (χ2v) is 8.19. The molecule has 0 aliphatic carbocycles. The lowest BCUT2D eigenvalue weighted by Gasteiger charge is -2.24. The Bertz CT molecular complexity index is 860. The van der Waals surface area contributed by atoms with Gasteiger partial charge in [0.1, 0.15) is 12.2 Å². The number of anilines is 1. The van der Waals surface area contributed by atoms with Gasteiger partial charge < -0.3 is 24.1 Å². The second kappa shape index (κ2) is 13.6. The zero-order valence-corrected chi connectivity index (χ0v) is 19.8. The highest BCUT2D eigenvalue weighted by atomic mass is 16.6. The number of hydrogen-bond donors (Lipinski definition) is 1. The highest BCUT2D eigenvalue weighted by molar-refractivity contribution is 5.87. The van der Waals surface area contributed by atoms with Crippen molar-refractivity contribution in [1.82, 2.24) is 4.98 Å². The molecule has 0 bridgehead atoms. The first-order chi connectivity index (χ1) is 15.8. The van der Waals surface area contributed by atoms with E-state index in [0.717, 1.165) is 16.8 Å². The number of aromatic nitrogens is 1. The Balaban J connectivity index is 1.77. The Morgan fingerprint density at radius 1 is 0.939 bits per heavy atom. The Hall–Kier alpha value is -2.94. The van der Waals surface area contributed by atoms with E-state index in [1.807, 2.05) is 69.3 Å². The van der Waals surface area contributed by atoms with Gasteiger partial charge in [0.05, 0.1) is 33.0 Å². The lowest BCUT2D eigenvalue weighted by Crippen LogP contribution is -2.34. The quantitative estimate of drug-likeness (QED) is 0.480. The maximum atomic E-state index is 12.2. The van der Waals surface area contributed by atoms with Gasteiger partial charge in [0.15, 0.2) is 0 Å². The third kappa shape index (κ3) is 10.5. The summed E-state index contributed by atoms with van der Waals surface area (Å²) in [4.78, 5) is 18.0. The molecular formula is C25H34N2O6. The lowest BCUT2D eigenvalue weighted by atomic mass is 10.1. The van der Waals surface area contributed by atoms with Crippen molar-refractivity contribution in [2.45, 2.75) is 26.4 Å². The van der Waals surface area contributed by atoms with Crippen LogP contribution >= 0.6 is 0 Å². The maximum Gasteiger partial charge on any atom is 0.414 e. The Kier molecular flexibility index (Phi) is 10.8. The van der Waals surface area contributed by atoms with E-state index in [0.29, 0.717) is 38.9 Å². The minimum Gasteiger partial charge on any atom is -0.475 e. The summed E-state index contributed by atoms with van der Waals surface area (Å²) < 4.78 is 21.4. The summed E-state index contributed by atoms with van der Waals surface area (Å²) in [5.74, 6) is 0.529. The average Bonchev–Trinajstić information content (AvgIpc) is 2.79. The minimum atomic E-state index is -0.535. The summed E-state index contributed by atoms with van der Waals surface area (Å²) in [6.07, 6.45) is 5.28. The summed E-state index contributed by atoms with van der Waals surface area (Å²) in [5.41, 5.74) is 2.16. The topological polar surface area (TPSA) is 90.4 Å². The average molecular weight is 459 g/mol. The normalized spacial score (nSPS) is 11.5. The number of aliphatic hydroxyl groups is 1. The van der Waals surface area contributed by atoms with Crippen LogP contribution in [0.1, 0.15) is 31.9 Å². The summed E-state index contributed by atoms with van der Waals surface area (Å²) in [6, 6.07) is 11.4. The standard InChI is InChI=1S/C25H34N2O6/c1-25(2,3)33-24(29)27(4)22-10-7-20(8-11-22)5-6-21-9-12-23(26-19-21)32-18-17-31-16-15-30-14-13-28/h5-12,19,28H,13-18H2,1-4H3/b6-5+. The molecule has 0 atom stereocenters. The Labute approximate surface area is 195 Å². The van der Waals surface area contributed by atoms with Gasteiger partial charge in [-0.15, -0.1) is 0 Å². The summed E-state index contributed by atoms with van der Waals surface area (Å²) >= 11 is 0. The van der Waals surface area contributed by atoms with Crippen molar-refractivity contribution >= 4 is 23.9 Å². The molecule has 0 saturated carbocycles. The molecule has 1 aromatic carbocycles. The van der Waals surface area contributed by atoms with Gasteiger partial charge in [-0.3, -0.25) is 4.90 Å². The van der Waals surface area contributed by atoms with Gasteiger partial charge in [0.25, 0.3) is 0 Å². The van der Waals surface area contributed by atoms with Crippen LogP contribution in [0.25, 0.3) is 12.2 Å². The first-order valence-electron chi connectivity index (χ1n) is 10.9. The molecule has 2 rings (SSSR count). The van der Waals surface area contributed by atoms with Crippen LogP contribution in [0.3, 0.4) is 0 Å². The monoisotopic (exact) mass is 458 g/mol. The lowest BCUT2D eigenvalue weighted by molar-refractivity contribution is 0.0243. The minimum absolute atomic E-state index is 0.0136. The van der Waals surface area contributed by atoms with E-state index in [2.05, 4.69) is 4.98 Å². The molecule has 0 spiro atoms. The third-order valence-electron chi connectivity index (χ3n) is 4.26. The van der Waals surface area contributed by atoms with E-state index in [9.17, 15) is 4.79 Å². The third-order valence-corrected chi connectivity index (χ3v) is 4.26. The molecule has 33 heavy (non-hydrogen) atoms. The predicted molar refractivity (Wildman–Crippen MR) is 128 cm³/mol. The van der Waals surface area contributed by atoms with Crippen molar-refractivity contribution in [1.29, 1.82) is 0 Å². The van der Waals surface area contributed by atoms with Gasteiger partial charge >= 0.3 is 6.09 Å². The van der Waals surface area contributed by atoms with Gasteiger partial charge in [0.2, 0.25) is 5.88 Å². The van der Waals surface area contributed by atoms with Crippen LogP contribution in [0.5, 0.6) is 5.88 Å². The number of rotatable bonds is 12. The van der Waals surface area contributed by atoms with Crippen molar-refractivity contribution in [3.63, 3.8) is 0 Å². The molecule has 0 radical (unpaired) electrons. The molecule has 0 unspecified atom stereocenters. The molecular weight excluding hydrogens is 424 g/mol. The van der Waals surface area contributed by atoms with E-state index in [-0.39, 0.29) is 6.61 Å². The highest BCUT2D eigenvalue weighted by Crippen LogP contribution is 2.19. The van der Waals surface area contributed by atoms with Crippen molar-refractivity contribution < 1.29 is 28.8 Å². The molecule has 0 saturated heterocycles. The number of pyridine rings is 1. The molecule has 8 nitrogen and oxygen atoms in total. The fourth-order valence-electron chi connectivity index (χ4n) is 2.60. The van der Waals surface area contributed by atoms with E-state index < -0.39 is 11.7 Å². The number of nitrogens with zero attached hydrogens (tertiary/aromatic N) is 2. The van der Waals surface area contributed by atoms with Crippen LogP contribution in [0.2, 0.25) is 0 Å². The Morgan fingerprint density at radius 3 is 2.15 bits per heavy atom. The number of ether oxygens (including phenoxy) is 4. The van der Waals surface area contributed by atoms with Crippen LogP contribution in [0, 0.1) is 0 Å². The van der Waals surface area contributed by atoms with Crippen LogP contribution in [-0.4, -0.2) is 68.5 Å². The largest absolute Gasteiger partial charge is 0.475 e. The molecule has 2 aromatic rings. The zero-order chi connectivity index (χ0) is 24.1. The van der Waals surface area contributed by atoms with Crippen molar-refractivity contribution in [3.05, 3.63) is 53.7 Å². The molecule has 0 aliphatic heterocycles. The van der Waals surface area contributed by atoms with Crippen LogP contribution in [0.15, 0.2) is 42.6 Å². The fraction of sp³-hybridized carbons (Fsp3) is 0.440. The predicted octanol–water partition coefficient (Wildman–Crippen LogP) is 4.03. The molecule has 1 heterocycles. The summed E-state index contributed by atoms with van der Waals surface area (Å²) in [5, 5.41) is 8.60. The molecule has 1 aromatic heterocycles. The van der Waals surface area contributed by atoms with Gasteiger partial charge in [-0.05, 0) is 50.1 Å². The van der Waals surface area contributed by atoms with Gasteiger partial charge in [0, 0.05) is 25.0 Å². The number of amides is 1. The van der Waals surface area contributed by atoms with Crippen LogP contribution in [0.4, 0.5) is 10.5 Å². The molecule has 0 fully saturated rings. The smallest absolute Gasteiger partial charge is 0.414 e. The zero-order valence-electron chi connectivity index (χ0n) is 19.8. The van der Waals surface area contributed by atoms with Crippen LogP contribution in [-0.2, 0) is 14.2 Å².